The zero-order valence-corrected chi connectivity index (χ0v) is 14.1. The van der Waals surface area contributed by atoms with Gasteiger partial charge in [-0.2, -0.15) is 0 Å². The summed E-state index contributed by atoms with van der Waals surface area (Å²) >= 11 is 3.07. The van der Waals surface area contributed by atoms with E-state index < -0.39 is 0 Å². The molecule has 0 fully saturated rings. The monoisotopic (exact) mass is 325 g/mol. The van der Waals surface area contributed by atoms with E-state index in [9.17, 15) is 4.79 Å². The summed E-state index contributed by atoms with van der Waals surface area (Å²) in [7, 11) is 0. The molecule has 0 aliphatic carbocycles. The molecule has 114 valence electrons. The number of carbonyl (C=O) groups is 1. The number of aryl methyl sites for hydroxylation is 1. The number of nitrogens with zero attached hydrogens (tertiary/aromatic N) is 3. The lowest BCUT2D eigenvalue weighted by Crippen LogP contribution is -2.08. The highest BCUT2D eigenvalue weighted by Gasteiger charge is 2.16. The quantitative estimate of drug-likeness (QED) is 0.577. The van der Waals surface area contributed by atoms with Crippen LogP contribution in [0.3, 0.4) is 0 Å². The van der Waals surface area contributed by atoms with Gasteiger partial charge in [-0.15, -0.1) is 21.5 Å². The number of rotatable bonds is 7. The van der Waals surface area contributed by atoms with E-state index in [4.69, 9.17) is 4.74 Å². The zero-order valence-electron chi connectivity index (χ0n) is 12.5. The van der Waals surface area contributed by atoms with Gasteiger partial charge in [-0.1, -0.05) is 18.7 Å². The molecule has 21 heavy (non-hydrogen) atoms. The summed E-state index contributed by atoms with van der Waals surface area (Å²) in [4.78, 5) is 12.7. The Morgan fingerprint density at radius 1 is 1.43 bits per heavy atom. The maximum absolute atomic E-state index is 11.5. The van der Waals surface area contributed by atoms with Crippen molar-refractivity contribution < 1.29 is 9.53 Å². The molecular weight excluding hydrogens is 306 g/mol. The van der Waals surface area contributed by atoms with Gasteiger partial charge in [0.2, 0.25) is 0 Å². The average molecular weight is 325 g/mol. The third-order valence-corrected chi connectivity index (χ3v) is 4.58. The normalized spacial score (nSPS) is 10.8. The number of thioether (sulfide) groups is 1. The minimum absolute atomic E-state index is 0.221. The molecule has 2 aromatic rings. The fraction of sp³-hybridized carbons (Fsp3) is 0.500. The molecule has 5 nitrogen and oxygen atoms in total. The Balaban J connectivity index is 2.18. The first kappa shape index (κ1) is 16.0. The third-order valence-electron chi connectivity index (χ3n) is 2.78. The molecule has 7 heteroatoms. The van der Waals surface area contributed by atoms with Gasteiger partial charge in [-0.3, -0.25) is 4.79 Å². The van der Waals surface area contributed by atoms with E-state index in [0.29, 0.717) is 6.61 Å². The summed E-state index contributed by atoms with van der Waals surface area (Å²) in [6.45, 7) is 7.23. The first-order valence-corrected chi connectivity index (χ1v) is 8.79. The second-order valence-corrected chi connectivity index (χ2v) is 6.56. The van der Waals surface area contributed by atoms with Crippen LogP contribution in [0.1, 0.15) is 25.1 Å². The van der Waals surface area contributed by atoms with E-state index in [1.807, 2.05) is 0 Å². The van der Waals surface area contributed by atoms with Gasteiger partial charge < -0.3 is 9.30 Å². The van der Waals surface area contributed by atoms with Gasteiger partial charge in [0.15, 0.2) is 11.0 Å². The van der Waals surface area contributed by atoms with Gasteiger partial charge >= 0.3 is 5.97 Å². The number of hydrogen-bond acceptors (Lipinski definition) is 6. The molecule has 2 heterocycles. The maximum atomic E-state index is 11.5. The van der Waals surface area contributed by atoms with Gasteiger partial charge in [0.05, 0.1) is 12.4 Å². The van der Waals surface area contributed by atoms with Crippen molar-refractivity contribution in [3.8, 4) is 11.4 Å². The molecule has 0 saturated carbocycles. The van der Waals surface area contributed by atoms with Gasteiger partial charge in [0.1, 0.15) is 0 Å². The Morgan fingerprint density at radius 3 is 2.86 bits per heavy atom. The van der Waals surface area contributed by atoms with E-state index in [1.54, 1.807) is 18.3 Å². The molecule has 0 saturated heterocycles. The Bertz CT molecular complexity index is 607. The SMILES string of the molecule is CCCn1c(SCC(=O)OCC)nnc1-c1csc(C)c1. The number of aromatic nitrogens is 3. The average Bonchev–Trinajstić information content (AvgIpc) is 3.04. The first-order chi connectivity index (χ1) is 10.2. The van der Waals surface area contributed by atoms with E-state index in [-0.39, 0.29) is 11.7 Å². The zero-order chi connectivity index (χ0) is 15.2. The second kappa shape index (κ2) is 7.61. The molecule has 0 amide bonds. The lowest BCUT2D eigenvalue weighted by Gasteiger charge is -2.07. The molecule has 0 atom stereocenters. The number of hydrogen-bond donors (Lipinski definition) is 0. The molecule has 2 rings (SSSR count). The summed E-state index contributed by atoms with van der Waals surface area (Å²) in [5.41, 5.74) is 1.08. The van der Waals surface area contributed by atoms with Gasteiger partial charge in [0, 0.05) is 22.4 Å². The predicted molar refractivity (Wildman–Crippen MR) is 85.7 cm³/mol. The number of thiophene rings is 1. The molecule has 0 aliphatic heterocycles. The van der Waals surface area contributed by atoms with Crippen LogP contribution >= 0.6 is 23.1 Å². The molecule has 0 spiro atoms. The van der Waals surface area contributed by atoms with Crippen molar-refractivity contribution in [3.63, 3.8) is 0 Å². The summed E-state index contributed by atoms with van der Waals surface area (Å²) in [6.07, 6.45) is 0.987. The standard InChI is InChI=1S/C14H19N3O2S2/c1-4-6-17-13(11-7-10(3)20-8-11)15-16-14(17)21-9-12(18)19-5-2/h7-8H,4-6,9H2,1-3H3. The summed E-state index contributed by atoms with van der Waals surface area (Å²) in [5, 5.41) is 11.4. The molecule has 0 aromatic carbocycles. The van der Waals surface area contributed by atoms with E-state index in [2.05, 4.69) is 40.1 Å². The Labute approximate surface area is 132 Å². The molecule has 0 N–H and O–H groups in total. The summed E-state index contributed by atoms with van der Waals surface area (Å²) in [5.74, 6) is 0.910. The van der Waals surface area contributed by atoms with Gasteiger partial charge in [-0.25, -0.2) is 0 Å². The largest absolute Gasteiger partial charge is 0.465 e. The van der Waals surface area contributed by atoms with Gasteiger partial charge in [0.25, 0.3) is 0 Å². The van der Waals surface area contributed by atoms with Crippen LogP contribution in [0.2, 0.25) is 0 Å². The minimum atomic E-state index is -0.221. The smallest absolute Gasteiger partial charge is 0.316 e. The fourth-order valence-corrected chi connectivity index (χ4v) is 3.36. The predicted octanol–water partition coefficient (Wildman–Crippen LogP) is 3.38. The summed E-state index contributed by atoms with van der Waals surface area (Å²) < 4.78 is 7.02. The lowest BCUT2D eigenvalue weighted by molar-refractivity contribution is -0.139. The lowest BCUT2D eigenvalue weighted by atomic mass is 10.3. The number of carbonyl (C=O) groups excluding carboxylic acids is 1. The van der Waals surface area contributed by atoms with Crippen LogP contribution in [0.15, 0.2) is 16.6 Å². The van der Waals surface area contributed by atoms with E-state index in [1.165, 1.54) is 16.6 Å². The summed E-state index contributed by atoms with van der Waals surface area (Å²) in [6, 6.07) is 2.11. The molecule has 2 aromatic heterocycles. The van der Waals surface area contributed by atoms with Crippen LogP contribution in [-0.4, -0.2) is 33.1 Å². The molecule has 0 aliphatic rings. The number of ether oxygens (including phenoxy) is 1. The van der Waals surface area contributed by atoms with Crippen molar-refractivity contribution in [2.45, 2.75) is 38.9 Å². The second-order valence-electron chi connectivity index (χ2n) is 4.50. The van der Waals surface area contributed by atoms with Crippen LogP contribution in [0, 0.1) is 6.92 Å². The van der Waals surface area contributed by atoms with Crippen LogP contribution in [0.25, 0.3) is 11.4 Å². The third kappa shape index (κ3) is 4.07. The van der Waals surface area contributed by atoms with Crippen molar-refractivity contribution in [2.24, 2.45) is 0 Å². The molecule has 0 unspecified atom stereocenters. The Hall–Kier alpha value is -1.34. The Morgan fingerprint density at radius 2 is 2.24 bits per heavy atom. The first-order valence-electron chi connectivity index (χ1n) is 6.92. The van der Waals surface area contributed by atoms with E-state index in [0.717, 1.165) is 29.5 Å². The highest BCUT2D eigenvalue weighted by molar-refractivity contribution is 7.99. The van der Waals surface area contributed by atoms with Crippen LogP contribution in [-0.2, 0) is 16.1 Å². The minimum Gasteiger partial charge on any atom is -0.465 e. The van der Waals surface area contributed by atoms with Crippen molar-refractivity contribution >= 4 is 29.1 Å². The molecule has 0 bridgehead atoms. The molecular formula is C14H19N3O2S2. The van der Waals surface area contributed by atoms with Gasteiger partial charge in [-0.05, 0) is 26.3 Å². The maximum Gasteiger partial charge on any atom is 0.316 e. The van der Waals surface area contributed by atoms with Crippen molar-refractivity contribution in [1.82, 2.24) is 14.8 Å². The van der Waals surface area contributed by atoms with E-state index >= 15 is 0 Å². The number of esters is 1. The van der Waals surface area contributed by atoms with Crippen molar-refractivity contribution in [2.75, 3.05) is 12.4 Å². The molecule has 0 radical (unpaired) electrons. The topological polar surface area (TPSA) is 57.0 Å². The van der Waals surface area contributed by atoms with Crippen LogP contribution in [0.4, 0.5) is 0 Å². The highest BCUT2D eigenvalue weighted by Crippen LogP contribution is 2.27. The Kier molecular flexibility index (Phi) is 5.81. The van der Waals surface area contributed by atoms with Crippen molar-refractivity contribution in [1.29, 1.82) is 0 Å². The van der Waals surface area contributed by atoms with Crippen LogP contribution in [0.5, 0.6) is 0 Å². The van der Waals surface area contributed by atoms with Crippen LogP contribution < -0.4 is 0 Å². The fourth-order valence-electron chi connectivity index (χ4n) is 1.92. The van der Waals surface area contributed by atoms with Crippen molar-refractivity contribution in [3.05, 3.63) is 16.3 Å². The highest BCUT2D eigenvalue weighted by atomic mass is 32.2.